The molecule has 1 aliphatic rings. The Labute approximate surface area is 96.2 Å². The number of hydrogen-bond donors (Lipinski definition) is 2. The zero-order valence-electron chi connectivity index (χ0n) is 9.43. The van der Waals surface area contributed by atoms with Crippen LogP contribution in [0.15, 0.2) is 24.3 Å². The fraction of sp³-hybridized carbons (Fsp3) is 0.538. The van der Waals surface area contributed by atoms with Crippen molar-refractivity contribution < 1.29 is 9.84 Å². The van der Waals surface area contributed by atoms with Gasteiger partial charge in [-0.15, -0.1) is 0 Å². The highest BCUT2D eigenvalue weighted by atomic mass is 16.5. The lowest BCUT2D eigenvalue weighted by atomic mass is 9.82. The van der Waals surface area contributed by atoms with Crippen molar-refractivity contribution >= 4 is 0 Å². The van der Waals surface area contributed by atoms with E-state index in [1.54, 1.807) is 0 Å². The zero-order chi connectivity index (χ0) is 11.4. The number of aliphatic hydroxyl groups is 1. The van der Waals surface area contributed by atoms with Crippen LogP contribution < -0.4 is 5.73 Å². The second-order valence-corrected chi connectivity index (χ2v) is 4.48. The van der Waals surface area contributed by atoms with Gasteiger partial charge in [0.15, 0.2) is 0 Å². The van der Waals surface area contributed by atoms with Crippen LogP contribution in [0.4, 0.5) is 0 Å². The Hall–Kier alpha value is -0.900. The van der Waals surface area contributed by atoms with Gasteiger partial charge in [0.25, 0.3) is 0 Å². The summed E-state index contributed by atoms with van der Waals surface area (Å²) in [6, 6.07) is 7.87. The van der Waals surface area contributed by atoms with Gasteiger partial charge < -0.3 is 15.6 Å². The molecule has 3 N–H and O–H groups in total. The average Bonchev–Trinajstić information content (AvgIpc) is 2.28. The molecule has 3 nitrogen and oxygen atoms in total. The van der Waals surface area contributed by atoms with Crippen molar-refractivity contribution in [1.82, 2.24) is 0 Å². The summed E-state index contributed by atoms with van der Waals surface area (Å²) in [7, 11) is 0. The molecule has 1 aromatic carbocycles. The van der Waals surface area contributed by atoms with E-state index in [0.717, 1.165) is 30.5 Å². The van der Waals surface area contributed by atoms with E-state index in [1.165, 1.54) is 0 Å². The highest BCUT2D eigenvalue weighted by molar-refractivity contribution is 5.21. The third kappa shape index (κ3) is 2.82. The van der Waals surface area contributed by atoms with Crippen LogP contribution in [0.2, 0.25) is 0 Å². The molecule has 0 aromatic heterocycles. The molecular formula is C13H19NO2. The molecule has 0 radical (unpaired) electrons. The number of aliphatic hydroxyl groups excluding tert-OH is 1. The van der Waals surface area contributed by atoms with Gasteiger partial charge in [0.2, 0.25) is 0 Å². The van der Waals surface area contributed by atoms with Crippen LogP contribution in [0.1, 0.15) is 24.0 Å². The van der Waals surface area contributed by atoms with Crippen LogP contribution in [0, 0.1) is 5.92 Å². The zero-order valence-corrected chi connectivity index (χ0v) is 9.43. The Morgan fingerprint density at radius 1 is 1.19 bits per heavy atom. The largest absolute Gasteiger partial charge is 0.392 e. The molecule has 0 heterocycles. The van der Waals surface area contributed by atoms with Gasteiger partial charge in [-0.05, 0) is 36.4 Å². The van der Waals surface area contributed by atoms with Crippen LogP contribution in [0.5, 0.6) is 0 Å². The Morgan fingerprint density at radius 3 is 2.38 bits per heavy atom. The van der Waals surface area contributed by atoms with Crippen LogP contribution in [-0.2, 0) is 18.0 Å². The van der Waals surface area contributed by atoms with E-state index in [9.17, 15) is 0 Å². The molecular weight excluding hydrogens is 202 g/mol. The predicted octanol–water partition coefficient (Wildman–Crippen LogP) is 1.43. The fourth-order valence-electron chi connectivity index (χ4n) is 1.96. The van der Waals surface area contributed by atoms with E-state index in [1.807, 2.05) is 24.3 Å². The third-order valence-electron chi connectivity index (χ3n) is 3.22. The van der Waals surface area contributed by atoms with Crippen LogP contribution in [0.25, 0.3) is 0 Å². The lowest BCUT2D eigenvalue weighted by molar-refractivity contribution is -0.0376. The average molecular weight is 221 g/mol. The third-order valence-corrected chi connectivity index (χ3v) is 3.22. The number of benzene rings is 1. The maximum absolute atomic E-state index is 8.91. The molecule has 0 amide bonds. The van der Waals surface area contributed by atoms with Gasteiger partial charge in [-0.3, -0.25) is 0 Å². The first-order valence-electron chi connectivity index (χ1n) is 5.82. The molecule has 2 rings (SSSR count). The molecule has 0 bridgehead atoms. The number of hydrogen-bond acceptors (Lipinski definition) is 3. The quantitative estimate of drug-likeness (QED) is 0.791. The van der Waals surface area contributed by atoms with Gasteiger partial charge in [0, 0.05) is 0 Å². The highest BCUT2D eigenvalue weighted by Gasteiger charge is 2.28. The van der Waals surface area contributed by atoms with Gasteiger partial charge in [0.1, 0.15) is 0 Å². The lowest BCUT2D eigenvalue weighted by Crippen LogP contribution is -2.35. The Balaban J connectivity index is 1.73. The van der Waals surface area contributed by atoms with Crippen molar-refractivity contribution in [1.29, 1.82) is 0 Å². The first-order chi connectivity index (χ1) is 7.81. The standard InChI is InChI=1S/C13H19NO2/c14-7-12-5-13(6-12)16-9-11-3-1-10(8-15)2-4-11/h1-4,12-13,15H,5-9,14H2. The summed E-state index contributed by atoms with van der Waals surface area (Å²) >= 11 is 0. The summed E-state index contributed by atoms with van der Waals surface area (Å²) < 4.78 is 5.75. The van der Waals surface area contributed by atoms with Gasteiger partial charge >= 0.3 is 0 Å². The van der Waals surface area contributed by atoms with Crippen molar-refractivity contribution in [3.63, 3.8) is 0 Å². The normalized spacial score (nSPS) is 24.1. The van der Waals surface area contributed by atoms with E-state index in [2.05, 4.69) is 0 Å². The second kappa shape index (κ2) is 5.43. The maximum atomic E-state index is 8.91. The molecule has 0 unspecified atom stereocenters. The topological polar surface area (TPSA) is 55.5 Å². The molecule has 3 heteroatoms. The molecule has 0 aliphatic heterocycles. The van der Waals surface area contributed by atoms with Gasteiger partial charge in [-0.25, -0.2) is 0 Å². The molecule has 1 fully saturated rings. The summed E-state index contributed by atoms with van der Waals surface area (Å²) in [4.78, 5) is 0. The summed E-state index contributed by atoms with van der Waals surface area (Å²) in [6.45, 7) is 1.54. The molecule has 1 saturated carbocycles. The number of ether oxygens (including phenoxy) is 1. The molecule has 1 aliphatic carbocycles. The minimum Gasteiger partial charge on any atom is -0.392 e. The van der Waals surface area contributed by atoms with Crippen LogP contribution in [0.3, 0.4) is 0 Å². The monoisotopic (exact) mass is 221 g/mol. The van der Waals surface area contributed by atoms with Gasteiger partial charge in [0.05, 0.1) is 19.3 Å². The molecule has 88 valence electrons. The van der Waals surface area contributed by atoms with Crippen molar-refractivity contribution in [2.45, 2.75) is 32.2 Å². The summed E-state index contributed by atoms with van der Waals surface area (Å²) in [5.74, 6) is 0.668. The molecule has 0 atom stereocenters. The number of rotatable bonds is 5. The van der Waals surface area contributed by atoms with Crippen LogP contribution in [-0.4, -0.2) is 17.8 Å². The van der Waals surface area contributed by atoms with Gasteiger partial charge in [-0.1, -0.05) is 24.3 Å². The minimum absolute atomic E-state index is 0.0991. The first-order valence-corrected chi connectivity index (χ1v) is 5.82. The number of nitrogens with two attached hydrogens (primary N) is 1. The van der Waals surface area contributed by atoms with E-state index < -0.39 is 0 Å². The summed E-state index contributed by atoms with van der Waals surface area (Å²) in [6.07, 6.45) is 2.60. The Bertz CT molecular complexity index is 317. The fourth-order valence-corrected chi connectivity index (χ4v) is 1.96. The van der Waals surface area contributed by atoms with Crippen molar-refractivity contribution in [2.75, 3.05) is 6.54 Å². The summed E-state index contributed by atoms with van der Waals surface area (Å²) in [5.41, 5.74) is 7.66. The van der Waals surface area contributed by atoms with Crippen molar-refractivity contribution in [3.05, 3.63) is 35.4 Å². The Morgan fingerprint density at radius 2 is 1.81 bits per heavy atom. The van der Waals surface area contributed by atoms with Gasteiger partial charge in [-0.2, -0.15) is 0 Å². The SMILES string of the molecule is NCC1CC(OCc2ccc(CO)cc2)C1. The molecule has 1 aromatic rings. The van der Waals surface area contributed by atoms with Crippen LogP contribution >= 0.6 is 0 Å². The highest BCUT2D eigenvalue weighted by Crippen LogP contribution is 2.29. The first kappa shape index (κ1) is 11.6. The van der Waals surface area contributed by atoms with Crippen molar-refractivity contribution in [2.24, 2.45) is 11.7 Å². The predicted molar refractivity (Wildman–Crippen MR) is 62.7 cm³/mol. The Kier molecular flexibility index (Phi) is 3.93. The van der Waals surface area contributed by atoms with E-state index in [4.69, 9.17) is 15.6 Å². The smallest absolute Gasteiger partial charge is 0.0720 e. The van der Waals surface area contributed by atoms with E-state index >= 15 is 0 Å². The van der Waals surface area contributed by atoms with E-state index in [0.29, 0.717) is 18.6 Å². The second-order valence-electron chi connectivity index (χ2n) is 4.48. The maximum Gasteiger partial charge on any atom is 0.0720 e. The molecule has 0 saturated heterocycles. The summed E-state index contributed by atoms with van der Waals surface area (Å²) in [5, 5.41) is 8.91. The minimum atomic E-state index is 0.0991. The molecule has 16 heavy (non-hydrogen) atoms. The van der Waals surface area contributed by atoms with E-state index in [-0.39, 0.29) is 6.61 Å². The van der Waals surface area contributed by atoms with Crippen molar-refractivity contribution in [3.8, 4) is 0 Å². The molecule has 0 spiro atoms. The lowest BCUT2D eigenvalue weighted by Gasteiger charge is -2.34.